The number of hydrazine groups is 1. The van der Waals surface area contributed by atoms with Crippen molar-refractivity contribution < 1.29 is 9.53 Å². The molecule has 0 saturated carbocycles. The van der Waals surface area contributed by atoms with Gasteiger partial charge in [0.05, 0.1) is 24.0 Å². The lowest BCUT2D eigenvalue weighted by Crippen LogP contribution is -2.17. The number of nitrogens with two attached hydrogens (primary N) is 1. The van der Waals surface area contributed by atoms with Crippen LogP contribution in [0.4, 0.5) is 11.4 Å². The Bertz CT molecular complexity index is 669. The van der Waals surface area contributed by atoms with Gasteiger partial charge >= 0.3 is 0 Å². The lowest BCUT2D eigenvalue weighted by Gasteiger charge is -2.13. The Morgan fingerprint density at radius 1 is 1.05 bits per heavy atom. The van der Waals surface area contributed by atoms with E-state index in [-0.39, 0.29) is 5.91 Å². The number of carbonyl (C=O) groups excluding carboxylic acids is 1. The Labute approximate surface area is 124 Å². The number of amides is 1. The van der Waals surface area contributed by atoms with Gasteiger partial charge in [-0.2, -0.15) is 0 Å². The number of hydrogen-bond donors (Lipinski definition) is 3. The van der Waals surface area contributed by atoms with Crippen LogP contribution in [0.5, 0.6) is 5.75 Å². The van der Waals surface area contributed by atoms with E-state index in [0.29, 0.717) is 22.7 Å². The highest BCUT2D eigenvalue weighted by Crippen LogP contribution is 2.26. The Kier molecular flexibility index (Phi) is 4.45. The van der Waals surface area contributed by atoms with Crippen molar-refractivity contribution in [2.24, 2.45) is 5.84 Å². The first-order valence-electron chi connectivity index (χ1n) is 6.58. The Morgan fingerprint density at radius 2 is 1.67 bits per heavy atom. The molecule has 110 valence electrons. The number of ether oxygens (including phenoxy) is 1. The third-order valence-corrected chi connectivity index (χ3v) is 3.18. The summed E-state index contributed by atoms with van der Waals surface area (Å²) in [5.74, 6) is 5.85. The van der Waals surface area contributed by atoms with Crippen molar-refractivity contribution in [1.82, 2.24) is 0 Å². The van der Waals surface area contributed by atoms with Gasteiger partial charge < -0.3 is 15.5 Å². The number of benzene rings is 2. The maximum atomic E-state index is 12.4. The van der Waals surface area contributed by atoms with Crippen molar-refractivity contribution in [1.29, 1.82) is 0 Å². The summed E-state index contributed by atoms with van der Waals surface area (Å²) < 4.78 is 5.26. The van der Waals surface area contributed by atoms with Crippen LogP contribution in [-0.2, 0) is 0 Å². The summed E-state index contributed by atoms with van der Waals surface area (Å²) in [7, 11) is 1.57. The molecule has 4 N–H and O–H groups in total. The van der Waals surface area contributed by atoms with Gasteiger partial charge in [0, 0.05) is 0 Å². The van der Waals surface area contributed by atoms with Crippen molar-refractivity contribution in [2.45, 2.75) is 13.8 Å². The molecule has 0 bridgehead atoms. The summed E-state index contributed by atoms with van der Waals surface area (Å²) in [6.07, 6.45) is 0. The maximum Gasteiger partial charge on any atom is 0.257 e. The fourth-order valence-electron chi connectivity index (χ4n) is 2.08. The number of anilines is 2. The second kappa shape index (κ2) is 6.28. The standard InChI is InChI=1S/C16H19N3O2/c1-10-4-6-12(13(8-10)19-17)16(20)18-14-9-11(2)5-7-15(14)21-3/h4-9,19H,17H2,1-3H3,(H,18,20). The lowest BCUT2D eigenvalue weighted by atomic mass is 10.1. The quantitative estimate of drug-likeness (QED) is 0.596. The summed E-state index contributed by atoms with van der Waals surface area (Å²) in [6, 6.07) is 11.0. The van der Waals surface area contributed by atoms with Gasteiger partial charge in [0.25, 0.3) is 5.91 Å². The third kappa shape index (κ3) is 3.32. The van der Waals surface area contributed by atoms with Crippen LogP contribution in [0, 0.1) is 13.8 Å². The second-order valence-corrected chi connectivity index (χ2v) is 4.85. The molecule has 0 radical (unpaired) electrons. The number of nitrogen functional groups attached to an aromatic ring is 1. The first kappa shape index (κ1) is 14.9. The van der Waals surface area contributed by atoms with Gasteiger partial charge in [-0.3, -0.25) is 10.6 Å². The van der Waals surface area contributed by atoms with E-state index in [9.17, 15) is 4.79 Å². The Hall–Kier alpha value is -2.53. The minimum atomic E-state index is -0.244. The van der Waals surface area contributed by atoms with Crippen LogP contribution in [0.15, 0.2) is 36.4 Å². The fourth-order valence-corrected chi connectivity index (χ4v) is 2.08. The van der Waals surface area contributed by atoms with Gasteiger partial charge in [0.2, 0.25) is 0 Å². The number of carbonyl (C=O) groups is 1. The zero-order valence-corrected chi connectivity index (χ0v) is 12.4. The average molecular weight is 285 g/mol. The first-order chi connectivity index (χ1) is 10.0. The predicted octanol–water partition coefficient (Wildman–Crippen LogP) is 2.85. The van der Waals surface area contributed by atoms with E-state index >= 15 is 0 Å². The Balaban J connectivity index is 2.32. The van der Waals surface area contributed by atoms with Crippen LogP contribution in [-0.4, -0.2) is 13.0 Å². The first-order valence-corrected chi connectivity index (χ1v) is 6.58. The van der Waals surface area contributed by atoms with Gasteiger partial charge in [-0.25, -0.2) is 0 Å². The topological polar surface area (TPSA) is 76.4 Å². The molecule has 2 aromatic carbocycles. The van der Waals surface area contributed by atoms with E-state index in [1.54, 1.807) is 13.2 Å². The second-order valence-electron chi connectivity index (χ2n) is 4.85. The van der Waals surface area contributed by atoms with E-state index in [1.165, 1.54) is 0 Å². The predicted molar refractivity (Wildman–Crippen MR) is 84.7 cm³/mol. The van der Waals surface area contributed by atoms with Crippen molar-refractivity contribution in [2.75, 3.05) is 17.9 Å². The SMILES string of the molecule is COc1ccc(C)cc1NC(=O)c1ccc(C)cc1NN. The highest BCUT2D eigenvalue weighted by molar-refractivity contribution is 6.08. The summed E-state index contributed by atoms with van der Waals surface area (Å²) in [5, 5.41) is 2.85. The molecule has 0 spiro atoms. The maximum absolute atomic E-state index is 12.4. The van der Waals surface area contributed by atoms with E-state index in [0.717, 1.165) is 11.1 Å². The highest BCUT2D eigenvalue weighted by atomic mass is 16.5. The molecule has 0 heterocycles. The zero-order chi connectivity index (χ0) is 15.4. The van der Waals surface area contributed by atoms with Gasteiger partial charge in [-0.05, 0) is 49.2 Å². The van der Waals surface area contributed by atoms with Crippen LogP contribution in [0.3, 0.4) is 0 Å². The van der Waals surface area contributed by atoms with Crippen LogP contribution in [0.1, 0.15) is 21.5 Å². The highest BCUT2D eigenvalue weighted by Gasteiger charge is 2.13. The monoisotopic (exact) mass is 285 g/mol. The van der Waals surface area contributed by atoms with Crippen molar-refractivity contribution in [3.05, 3.63) is 53.1 Å². The minimum Gasteiger partial charge on any atom is -0.495 e. The molecule has 5 nitrogen and oxygen atoms in total. The molecule has 0 aliphatic rings. The molecule has 0 unspecified atom stereocenters. The van der Waals surface area contributed by atoms with Gasteiger partial charge in [0.1, 0.15) is 5.75 Å². The summed E-state index contributed by atoms with van der Waals surface area (Å²) >= 11 is 0. The Morgan fingerprint density at radius 3 is 2.29 bits per heavy atom. The average Bonchev–Trinajstić information content (AvgIpc) is 2.47. The number of aryl methyl sites for hydroxylation is 2. The zero-order valence-electron chi connectivity index (χ0n) is 12.4. The molecule has 1 amide bonds. The van der Waals surface area contributed by atoms with Gasteiger partial charge in [0.15, 0.2) is 0 Å². The van der Waals surface area contributed by atoms with E-state index in [4.69, 9.17) is 10.6 Å². The molecule has 0 aromatic heterocycles. The number of hydrogen-bond acceptors (Lipinski definition) is 4. The number of rotatable bonds is 4. The number of methoxy groups -OCH3 is 1. The van der Waals surface area contributed by atoms with Crippen LogP contribution in [0.25, 0.3) is 0 Å². The van der Waals surface area contributed by atoms with Crippen LogP contribution in [0.2, 0.25) is 0 Å². The minimum absolute atomic E-state index is 0.244. The molecule has 2 rings (SSSR count). The molecule has 0 saturated heterocycles. The fraction of sp³-hybridized carbons (Fsp3) is 0.188. The molecule has 0 fully saturated rings. The molecule has 0 aliphatic heterocycles. The molecular weight excluding hydrogens is 266 g/mol. The largest absolute Gasteiger partial charge is 0.495 e. The van der Waals surface area contributed by atoms with Crippen molar-refractivity contribution in [3.8, 4) is 5.75 Å². The summed E-state index contributed by atoms with van der Waals surface area (Å²) in [5.41, 5.74) is 6.30. The smallest absolute Gasteiger partial charge is 0.257 e. The summed E-state index contributed by atoms with van der Waals surface area (Å²) in [4.78, 5) is 12.4. The molecule has 0 atom stereocenters. The van der Waals surface area contributed by atoms with Crippen molar-refractivity contribution >= 4 is 17.3 Å². The van der Waals surface area contributed by atoms with E-state index < -0.39 is 0 Å². The molecule has 21 heavy (non-hydrogen) atoms. The van der Waals surface area contributed by atoms with Crippen LogP contribution < -0.4 is 21.3 Å². The third-order valence-electron chi connectivity index (χ3n) is 3.18. The van der Waals surface area contributed by atoms with E-state index in [2.05, 4.69) is 10.7 Å². The van der Waals surface area contributed by atoms with Crippen LogP contribution >= 0.6 is 0 Å². The van der Waals surface area contributed by atoms with Gasteiger partial charge in [-0.1, -0.05) is 12.1 Å². The molecule has 2 aromatic rings. The molecular formula is C16H19N3O2. The molecule has 0 aliphatic carbocycles. The van der Waals surface area contributed by atoms with E-state index in [1.807, 2.05) is 44.2 Å². The van der Waals surface area contributed by atoms with Crippen molar-refractivity contribution in [3.63, 3.8) is 0 Å². The molecule has 5 heteroatoms. The van der Waals surface area contributed by atoms with Gasteiger partial charge in [-0.15, -0.1) is 0 Å². The summed E-state index contributed by atoms with van der Waals surface area (Å²) in [6.45, 7) is 3.89. The lowest BCUT2D eigenvalue weighted by molar-refractivity contribution is 0.102. The normalized spacial score (nSPS) is 10.1. The number of nitrogens with one attached hydrogen (secondary N) is 2.